The lowest BCUT2D eigenvalue weighted by atomic mass is 9.43. The van der Waals surface area contributed by atoms with Crippen molar-refractivity contribution in [2.24, 2.45) is 27.7 Å². The molecule has 2 saturated carbocycles. The Labute approximate surface area is 617 Å². The topological polar surface area (TPSA) is 273 Å². The van der Waals surface area contributed by atoms with Crippen molar-refractivity contribution in [3.63, 3.8) is 0 Å². The number of halogens is 2. The zero-order chi connectivity index (χ0) is 74.3. The first kappa shape index (κ1) is 76.5. The molecule has 0 radical (unpaired) electrons. The van der Waals surface area contributed by atoms with E-state index in [9.17, 15) is 29.4 Å². The van der Waals surface area contributed by atoms with Gasteiger partial charge in [0.1, 0.15) is 70.2 Å². The normalized spacial score (nSPS) is 25.6. The Morgan fingerprint density at radius 2 is 1.53 bits per heavy atom. The summed E-state index contributed by atoms with van der Waals surface area (Å²) in [5, 5.41) is 30.8. The minimum absolute atomic E-state index is 0.0239. The summed E-state index contributed by atoms with van der Waals surface area (Å²) in [6, 6.07) is 36.3. The number of carbonyl (C=O) groups is 8. The lowest BCUT2D eigenvalue weighted by Gasteiger charge is -2.67. The maximum atomic E-state index is 16.1. The van der Waals surface area contributed by atoms with Crippen molar-refractivity contribution in [3.05, 3.63) is 208 Å². The third kappa shape index (κ3) is 15.8. The monoisotopic (exact) mass is 1480 g/mol. The summed E-state index contributed by atoms with van der Waals surface area (Å²) < 4.78 is 53.4. The number of ether oxygens (including phenoxy) is 6. The second-order valence-corrected chi connectivity index (χ2v) is 30.9. The van der Waals surface area contributed by atoms with Gasteiger partial charge in [-0.05, 0) is 134 Å². The van der Waals surface area contributed by atoms with Crippen LogP contribution in [0.2, 0.25) is 5.02 Å². The van der Waals surface area contributed by atoms with Crippen molar-refractivity contribution in [2.45, 2.75) is 171 Å². The van der Waals surface area contributed by atoms with E-state index >= 15 is 23.6 Å². The Morgan fingerprint density at radius 1 is 0.846 bits per heavy atom. The first-order valence-electron chi connectivity index (χ1n) is 35.1. The van der Waals surface area contributed by atoms with Gasteiger partial charge in [-0.25, -0.2) is 23.8 Å². The number of Topliss-reactive ketones (excluding diaryl/α,β-unsaturated/α-hetero) is 2. The second kappa shape index (κ2) is 32.8. The molecule has 2 bridgehead atoms. The Kier molecular flexibility index (Phi) is 24.2. The van der Waals surface area contributed by atoms with E-state index in [0.29, 0.717) is 54.0 Å². The Hall–Kier alpha value is -8.58. The van der Waals surface area contributed by atoms with Gasteiger partial charge in [0.15, 0.2) is 5.60 Å². The number of fused-ring (bicyclic) bond motifs is 5. The van der Waals surface area contributed by atoms with Gasteiger partial charge in [-0.1, -0.05) is 141 Å². The molecule has 13 atom stereocenters. The van der Waals surface area contributed by atoms with E-state index in [1.54, 1.807) is 148 Å². The van der Waals surface area contributed by atoms with Gasteiger partial charge < -0.3 is 48.9 Å². The number of ketones is 2. The van der Waals surface area contributed by atoms with Gasteiger partial charge in [-0.3, -0.25) is 29.0 Å². The second-order valence-electron chi connectivity index (χ2n) is 28.0. The Bertz CT molecular complexity index is 4220. The molecule has 0 spiro atoms. The van der Waals surface area contributed by atoms with Crippen LogP contribution in [0.4, 0.5) is 4.39 Å². The number of benzene rings is 5. The van der Waals surface area contributed by atoms with E-state index in [2.05, 4.69) is 10.3 Å². The summed E-state index contributed by atoms with van der Waals surface area (Å²) in [6.07, 6.45) is -4.49. The fourth-order valence-electron chi connectivity index (χ4n) is 16.0. The number of nitrogens with one attached hydrogen (secondary N) is 1. The van der Waals surface area contributed by atoms with Gasteiger partial charge in [0.2, 0.25) is 12.0 Å². The van der Waals surface area contributed by atoms with Gasteiger partial charge in [0, 0.05) is 84.1 Å². The van der Waals surface area contributed by atoms with Crippen LogP contribution in [0.5, 0.6) is 5.75 Å². The minimum Gasteiger partial charge on any atom is -0.496 e. The molecule has 20 nitrogen and oxygen atoms in total. The zero-order valence-corrected chi connectivity index (χ0v) is 61.4. The zero-order valence-electron chi connectivity index (χ0n) is 59.0. The van der Waals surface area contributed by atoms with Crippen LogP contribution in [-0.2, 0) is 52.5 Å². The highest BCUT2D eigenvalue weighted by molar-refractivity contribution is 8.76. The van der Waals surface area contributed by atoms with Crippen molar-refractivity contribution < 1.29 is 81.4 Å². The SMILES string of the molecule is COc1ccc(F)cc1/C(=N/[C@H](CCCCCC(=O)CCSSc1ccccn1)C(=O)N1CCCC1C(=O)O[C@@H](C(=O)O[C@H]1C[C@]2(O)[C@@H](OC(=O)c3ccccc3)[C@@H]3[C@]4(OC(C)=O)CO[C@@H]4C[C@H](O)[C@@]3(C)C(=O)[C@H](C)C(=C1C)C2(C)C)[C@@H](NC(=O)c1ccccc1)c1ccccc1)c1ccc(Cl)cc1. The smallest absolute Gasteiger partial charge is 0.350 e. The molecule has 548 valence electrons. The minimum atomic E-state index is -2.39. The molecule has 5 aliphatic rings. The Morgan fingerprint density at radius 3 is 2.18 bits per heavy atom. The van der Waals surface area contributed by atoms with Gasteiger partial charge in [0.25, 0.3) is 5.91 Å². The molecular weight excluding hydrogens is 1390 g/mol. The maximum absolute atomic E-state index is 16.1. The van der Waals surface area contributed by atoms with Gasteiger partial charge >= 0.3 is 23.9 Å². The molecule has 3 aliphatic carbocycles. The molecular formula is C80H86ClFN4O16S2. The molecule has 2 aliphatic heterocycles. The molecule has 6 aromatic rings. The molecule has 1 unspecified atom stereocenters. The number of amides is 2. The number of aromatic nitrogens is 1. The number of pyridine rings is 1. The number of methoxy groups -OCH3 is 1. The molecule has 2 saturated heterocycles. The summed E-state index contributed by atoms with van der Waals surface area (Å²) in [7, 11) is 4.46. The number of aliphatic hydroxyl groups is 2. The lowest BCUT2D eigenvalue weighted by molar-refractivity contribution is -0.345. The molecule has 3 heterocycles. The summed E-state index contributed by atoms with van der Waals surface area (Å²) >= 11 is 6.42. The number of esters is 4. The number of aliphatic imine (C=N–C) groups is 1. The summed E-state index contributed by atoms with van der Waals surface area (Å²) in [6.45, 7) is 9.05. The summed E-state index contributed by atoms with van der Waals surface area (Å²) in [4.78, 5) is 130. The predicted molar refractivity (Wildman–Crippen MR) is 389 cm³/mol. The maximum Gasteiger partial charge on any atom is 0.350 e. The van der Waals surface area contributed by atoms with E-state index in [1.807, 2.05) is 18.2 Å². The number of unbranched alkanes of at least 4 members (excludes halogenated alkanes) is 2. The highest BCUT2D eigenvalue weighted by Crippen LogP contribution is 2.65. The number of aliphatic hydroxyl groups excluding tert-OH is 1. The van der Waals surface area contributed by atoms with E-state index in [1.165, 1.54) is 67.0 Å². The first-order chi connectivity index (χ1) is 49.8. The van der Waals surface area contributed by atoms with Crippen LogP contribution in [0.25, 0.3) is 0 Å². The van der Waals surface area contributed by atoms with Crippen molar-refractivity contribution in [1.29, 1.82) is 0 Å². The van der Waals surface area contributed by atoms with Gasteiger partial charge in [0.05, 0.1) is 42.4 Å². The van der Waals surface area contributed by atoms with Crippen molar-refractivity contribution in [1.82, 2.24) is 15.2 Å². The third-order valence-electron chi connectivity index (χ3n) is 21.3. The fraction of sp³-hybridized carbons (Fsp3) is 0.425. The van der Waals surface area contributed by atoms with E-state index in [4.69, 9.17) is 45.0 Å². The number of hydrogen-bond acceptors (Lipinski definition) is 20. The van der Waals surface area contributed by atoms with Crippen LogP contribution in [0.3, 0.4) is 0 Å². The third-order valence-corrected chi connectivity index (χ3v) is 23.9. The van der Waals surface area contributed by atoms with Crippen LogP contribution in [0, 0.1) is 28.5 Å². The van der Waals surface area contributed by atoms with E-state index in [-0.39, 0.29) is 83.9 Å². The van der Waals surface area contributed by atoms with Crippen molar-refractivity contribution in [3.8, 4) is 5.75 Å². The number of hydrogen-bond donors (Lipinski definition) is 3. The number of likely N-dealkylation sites (tertiary alicyclic amines) is 1. The summed E-state index contributed by atoms with van der Waals surface area (Å²) in [5.74, 6) is -8.20. The lowest BCUT2D eigenvalue weighted by Crippen LogP contribution is -2.81. The Balaban J connectivity index is 0.956. The predicted octanol–water partition coefficient (Wildman–Crippen LogP) is 12.4. The molecule has 1 aromatic heterocycles. The molecule has 4 fully saturated rings. The van der Waals surface area contributed by atoms with E-state index in [0.717, 1.165) is 5.03 Å². The fourth-order valence-corrected chi connectivity index (χ4v) is 18.0. The average Bonchev–Trinajstić information content (AvgIpc) is 0.737. The van der Waals surface area contributed by atoms with Gasteiger partial charge in [-0.2, -0.15) is 0 Å². The number of carbonyl (C=O) groups excluding carboxylic acids is 8. The standard InChI is InChI=1S/C80H86ClFN4O16S2/c1-47-61(45-80(96)71(101-74(93)53-27-16-10-17-28-53)69-78(6,70(90)48(2)65(47)77(80,4)5)62(89)44-63-79(69,46-98-63)102-49(3)87)99-76(95)68(67(50-23-12-8-13-24-50)85-72(91)52-25-14-9-15-26-52)100-75(94)59-31-22-41-86(59)73(92)58(30-19-11-18-29-56(88)39-42-103-104-64-32-20-21-40-83-64)84-66(51-33-35-54(81)36-34-51)57-43-55(82)37-38-60(57)97-7/h8-10,12-17,20-21,23-28,32-38,40,43,48,58-59,61-63,67-69,71,89,96H,11,18-19,22,29-31,39,41-42,44-46H2,1-7H3,(H,85,91)/b84-66+/t48-,58-,59?,61+,62+,63-,67+,68-,69+,71+,78-,79+,80+/m1/s1. The first-order valence-corrected chi connectivity index (χ1v) is 37.8. The van der Waals surface area contributed by atoms with Crippen molar-refractivity contribution in [2.75, 3.05) is 26.0 Å². The largest absolute Gasteiger partial charge is 0.496 e. The molecule has 11 rings (SSSR count). The van der Waals surface area contributed by atoms with Gasteiger partial charge in [-0.15, -0.1) is 0 Å². The van der Waals surface area contributed by atoms with Crippen molar-refractivity contribution >= 4 is 86.2 Å². The molecule has 104 heavy (non-hydrogen) atoms. The summed E-state index contributed by atoms with van der Waals surface area (Å²) in [5.41, 5.74) is -5.63. The van der Waals surface area contributed by atoms with Crippen LogP contribution in [-0.4, -0.2) is 153 Å². The number of rotatable bonds is 27. The highest BCUT2D eigenvalue weighted by Gasteiger charge is 2.78. The molecule has 2 amide bonds. The van der Waals surface area contributed by atoms with Crippen LogP contribution < -0.4 is 10.1 Å². The molecule has 3 N–H and O–H groups in total. The molecule has 5 aromatic carbocycles. The van der Waals surface area contributed by atoms with Crippen LogP contribution in [0.15, 0.2) is 179 Å². The van der Waals surface area contributed by atoms with Crippen LogP contribution >= 0.6 is 33.2 Å². The highest BCUT2D eigenvalue weighted by atomic mass is 35.5. The number of nitrogens with zero attached hydrogens (tertiary/aromatic N) is 3. The van der Waals surface area contributed by atoms with E-state index < -0.39 is 136 Å². The quantitative estimate of drug-likeness (QED) is 0.0108. The average molecular weight is 1480 g/mol. The molecule has 24 heteroatoms. The van der Waals surface area contributed by atoms with Crippen LogP contribution in [0.1, 0.15) is 149 Å².